The van der Waals surface area contributed by atoms with Crippen molar-refractivity contribution in [2.45, 2.75) is 24.1 Å². The van der Waals surface area contributed by atoms with Gasteiger partial charge in [0.1, 0.15) is 6.04 Å². The SMILES string of the molecule is CNC1C(=O)N(CC2CC=CCS2)CCc2ncoc21. The third-order valence-electron chi connectivity index (χ3n) is 3.82. The minimum atomic E-state index is -0.404. The third-order valence-corrected chi connectivity index (χ3v) is 5.02. The van der Waals surface area contributed by atoms with Crippen molar-refractivity contribution in [3.05, 3.63) is 30.0 Å². The maximum absolute atomic E-state index is 12.7. The van der Waals surface area contributed by atoms with Crippen molar-refractivity contribution in [3.63, 3.8) is 0 Å². The van der Waals surface area contributed by atoms with Crippen molar-refractivity contribution in [3.8, 4) is 0 Å². The first-order valence-electron chi connectivity index (χ1n) is 6.94. The lowest BCUT2D eigenvalue weighted by atomic mass is 10.1. The van der Waals surface area contributed by atoms with E-state index in [2.05, 4.69) is 22.5 Å². The Labute approximate surface area is 122 Å². The van der Waals surface area contributed by atoms with E-state index in [1.54, 1.807) is 7.05 Å². The number of nitrogens with zero attached hydrogens (tertiary/aromatic N) is 2. The molecule has 6 heteroatoms. The van der Waals surface area contributed by atoms with Crippen LogP contribution in [-0.2, 0) is 11.2 Å². The highest BCUT2D eigenvalue weighted by molar-refractivity contribution is 8.00. The fraction of sp³-hybridized carbons (Fsp3) is 0.571. The van der Waals surface area contributed by atoms with Crippen LogP contribution in [0.3, 0.4) is 0 Å². The van der Waals surface area contributed by atoms with Crippen molar-refractivity contribution < 1.29 is 9.21 Å². The molecular formula is C14H19N3O2S. The van der Waals surface area contributed by atoms with E-state index in [4.69, 9.17) is 4.42 Å². The second kappa shape index (κ2) is 6.01. The van der Waals surface area contributed by atoms with E-state index >= 15 is 0 Å². The van der Waals surface area contributed by atoms with Crippen LogP contribution in [0.15, 0.2) is 23.0 Å². The summed E-state index contributed by atoms with van der Waals surface area (Å²) in [4.78, 5) is 18.8. The summed E-state index contributed by atoms with van der Waals surface area (Å²) in [7, 11) is 1.79. The number of hydrogen-bond acceptors (Lipinski definition) is 5. The summed E-state index contributed by atoms with van der Waals surface area (Å²) in [5.41, 5.74) is 0.899. The van der Waals surface area contributed by atoms with E-state index in [1.165, 1.54) is 6.39 Å². The predicted molar refractivity (Wildman–Crippen MR) is 78.6 cm³/mol. The van der Waals surface area contributed by atoms with E-state index in [1.807, 2.05) is 16.7 Å². The molecule has 0 fully saturated rings. The highest BCUT2D eigenvalue weighted by Crippen LogP contribution is 2.27. The molecule has 0 saturated carbocycles. The first kappa shape index (κ1) is 13.7. The van der Waals surface area contributed by atoms with E-state index in [0.717, 1.165) is 37.4 Å². The van der Waals surface area contributed by atoms with E-state index in [-0.39, 0.29) is 5.91 Å². The van der Waals surface area contributed by atoms with Gasteiger partial charge in [0.2, 0.25) is 5.91 Å². The molecule has 0 radical (unpaired) electrons. The topological polar surface area (TPSA) is 58.4 Å². The van der Waals surface area contributed by atoms with Gasteiger partial charge >= 0.3 is 0 Å². The van der Waals surface area contributed by atoms with Gasteiger partial charge < -0.3 is 14.6 Å². The molecule has 0 spiro atoms. The summed E-state index contributed by atoms with van der Waals surface area (Å²) in [5.74, 6) is 1.82. The number of thioether (sulfide) groups is 1. The number of allylic oxidation sites excluding steroid dienone is 1. The fourth-order valence-electron chi connectivity index (χ4n) is 2.73. The number of carbonyl (C=O) groups is 1. The Morgan fingerprint density at radius 2 is 2.45 bits per heavy atom. The van der Waals surface area contributed by atoms with Crippen LogP contribution in [0.1, 0.15) is 23.9 Å². The molecule has 20 heavy (non-hydrogen) atoms. The molecule has 1 amide bonds. The Hall–Kier alpha value is -1.27. The summed E-state index contributed by atoms with van der Waals surface area (Å²) in [6.07, 6.45) is 7.65. The molecule has 1 N–H and O–H groups in total. The van der Waals surface area contributed by atoms with E-state index in [0.29, 0.717) is 11.0 Å². The third kappa shape index (κ3) is 2.62. The zero-order valence-electron chi connectivity index (χ0n) is 11.5. The number of likely N-dealkylation sites (N-methyl/N-ethyl adjacent to an activating group) is 1. The molecule has 2 aliphatic heterocycles. The van der Waals surface area contributed by atoms with Gasteiger partial charge in [0.25, 0.3) is 0 Å². The summed E-state index contributed by atoms with van der Waals surface area (Å²) in [6, 6.07) is -0.404. The highest BCUT2D eigenvalue weighted by atomic mass is 32.2. The van der Waals surface area contributed by atoms with Crippen molar-refractivity contribution in [2.75, 3.05) is 25.9 Å². The molecule has 0 aromatic carbocycles. The Morgan fingerprint density at radius 1 is 1.55 bits per heavy atom. The van der Waals surface area contributed by atoms with Gasteiger partial charge in [-0.25, -0.2) is 4.98 Å². The zero-order valence-corrected chi connectivity index (χ0v) is 12.4. The smallest absolute Gasteiger partial charge is 0.247 e. The zero-order chi connectivity index (χ0) is 13.9. The predicted octanol–water partition coefficient (Wildman–Crippen LogP) is 1.38. The fourth-order valence-corrected chi connectivity index (χ4v) is 3.78. The van der Waals surface area contributed by atoms with Gasteiger partial charge in [-0.1, -0.05) is 12.2 Å². The number of carbonyl (C=O) groups excluding carboxylic acids is 1. The number of amides is 1. The van der Waals surface area contributed by atoms with Crippen molar-refractivity contribution in [1.29, 1.82) is 0 Å². The average molecular weight is 293 g/mol. The molecule has 108 valence electrons. The highest BCUT2D eigenvalue weighted by Gasteiger charge is 2.34. The minimum absolute atomic E-state index is 0.0955. The molecule has 0 bridgehead atoms. The Balaban J connectivity index is 1.75. The molecule has 0 aliphatic carbocycles. The molecule has 2 atom stereocenters. The molecule has 1 aromatic heterocycles. The first-order valence-corrected chi connectivity index (χ1v) is 7.99. The van der Waals surface area contributed by atoms with Crippen LogP contribution in [-0.4, -0.2) is 46.9 Å². The van der Waals surface area contributed by atoms with E-state index < -0.39 is 6.04 Å². The number of oxazole rings is 1. The normalized spacial score (nSPS) is 26.4. The molecule has 2 aliphatic rings. The summed E-state index contributed by atoms with van der Waals surface area (Å²) >= 11 is 1.92. The van der Waals surface area contributed by atoms with Crippen LogP contribution in [0, 0.1) is 0 Å². The Kier molecular flexibility index (Phi) is 4.12. The summed E-state index contributed by atoms with van der Waals surface area (Å²) in [5, 5.41) is 3.56. The van der Waals surface area contributed by atoms with Gasteiger partial charge in [0, 0.05) is 30.5 Å². The number of hydrogen-bond donors (Lipinski definition) is 1. The first-order chi connectivity index (χ1) is 9.79. The summed E-state index contributed by atoms with van der Waals surface area (Å²) < 4.78 is 5.41. The number of rotatable bonds is 3. The Morgan fingerprint density at radius 3 is 3.20 bits per heavy atom. The van der Waals surface area contributed by atoms with Crippen LogP contribution < -0.4 is 5.32 Å². The second-order valence-electron chi connectivity index (χ2n) is 5.08. The van der Waals surface area contributed by atoms with Crippen LogP contribution in [0.4, 0.5) is 0 Å². The lowest BCUT2D eigenvalue weighted by Gasteiger charge is -2.28. The molecule has 3 heterocycles. The van der Waals surface area contributed by atoms with Gasteiger partial charge in [-0.15, -0.1) is 0 Å². The molecule has 2 unspecified atom stereocenters. The van der Waals surface area contributed by atoms with Gasteiger partial charge in [-0.05, 0) is 13.5 Å². The molecular weight excluding hydrogens is 274 g/mol. The average Bonchev–Trinajstić information content (AvgIpc) is 2.89. The quantitative estimate of drug-likeness (QED) is 0.853. The van der Waals surface area contributed by atoms with Crippen LogP contribution >= 0.6 is 11.8 Å². The monoisotopic (exact) mass is 293 g/mol. The Bertz CT molecular complexity index is 514. The summed E-state index contributed by atoms with van der Waals surface area (Å²) in [6.45, 7) is 1.52. The second-order valence-corrected chi connectivity index (χ2v) is 6.42. The standard InChI is InChI=1S/C14H19N3O2S/c1-15-12-13-11(16-9-19-13)5-6-17(14(12)18)8-10-4-2-3-7-20-10/h2-3,9-10,12,15H,4-8H2,1H3. The lowest BCUT2D eigenvalue weighted by molar-refractivity contribution is -0.133. The van der Waals surface area contributed by atoms with Crippen LogP contribution in [0.2, 0.25) is 0 Å². The molecule has 3 rings (SSSR count). The van der Waals surface area contributed by atoms with Crippen molar-refractivity contribution >= 4 is 17.7 Å². The van der Waals surface area contributed by atoms with Gasteiger partial charge in [0.15, 0.2) is 12.2 Å². The van der Waals surface area contributed by atoms with E-state index in [9.17, 15) is 4.79 Å². The van der Waals surface area contributed by atoms with Crippen LogP contribution in [0.25, 0.3) is 0 Å². The number of aromatic nitrogens is 1. The van der Waals surface area contributed by atoms with Crippen LogP contribution in [0.5, 0.6) is 0 Å². The van der Waals surface area contributed by atoms with Gasteiger partial charge in [0.05, 0.1) is 5.69 Å². The maximum atomic E-state index is 12.7. The van der Waals surface area contributed by atoms with Gasteiger partial charge in [-0.3, -0.25) is 4.79 Å². The number of fused-ring (bicyclic) bond motifs is 1. The molecule has 5 nitrogen and oxygen atoms in total. The molecule has 0 saturated heterocycles. The van der Waals surface area contributed by atoms with Gasteiger partial charge in [-0.2, -0.15) is 11.8 Å². The van der Waals surface area contributed by atoms with Crippen molar-refractivity contribution in [2.24, 2.45) is 0 Å². The largest absolute Gasteiger partial charge is 0.446 e. The maximum Gasteiger partial charge on any atom is 0.247 e. The van der Waals surface area contributed by atoms with Crippen molar-refractivity contribution in [1.82, 2.24) is 15.2 Å². The minimum Gasteiger partial charge on any atom is -0.446 e. The lowest BCUT2D eigenvalue weighted by Crippen LogP contribution is -2.42. The number of nitrogens with one attached hydrogen (secondary N) is 1. The molecule has 1 aromatic rings.